The molecule has 0 aromatic heterocycles. The van der Waals surface area contributed by atoms with Crippen molar-refractivity contribution in [2.45, 2.75) is 31.6 Å². The smallest absolute Gasteiger partial charge is 0.549 e. The molecule has 1 unspecified atom stereocenters. The number of carbonyl (C=O) groups excluding carboxylic acids is 2. The number of benzene rings is 3. The van der Waals surface area contributed by atoms with Crippen molar-refractivity contribution >= 4 is 46.6 Å². The van der Waals surface area contributed by atoms with E-state index in [1.807, 2.05) is 24.3 Å². The number of carbonyl (C=O) groups is 2. The number of hydrogen-bond acceptors (Lipinski definition) is 5. The van der Waals surface area contributed by atoms with Gasteiger partial charge < -0.3 is 19.4 Å². The second-order valence-corrected chi connectivity index (χ2v) is 9.18. The van der Waals surface area contributed by atoms with Crippen molar-refractivity contribution in [2.24, 2.45) is 0 Å². The van der Waals surface area contributed by atoms with Crippen molar-refractivity contribution in [3.63, 3.8) is 0 Å². The number of aryl methyl sites for hydroxylation is 1. The Hall–Kier alpha value is -1.73. The molecule has 5 nitrogen and oxygen atoms in total. The standard InChI is InChI=1S/C26H21Cl3O5.Na/c27-17-8-4-15(5-9-17)2-1-3-22(30)16-6-10-18(11-7-16)34-25-21(28)14-20-19(26(31)32)12-13-33-24(20)23(25)29;/h4-11,14,19H,1-3,12-13H2,(H,31,32);/q;+1/p-1. The molecular formula is C26H20Cl3NaO5. The van der Waals surface area contributed by atoms with Gasteiger partial charge in [-0.3, -0.25) is 4.79 Å². The largest absolute Gasteiger partial charge is 1.00 e. The van der Waals surface area contributed by atoms with Crippen LogP contribution in [-0.4, -0.2) is 18.4 Å². The van der Waals surface area contributed by atoms with E-state index in [0.717, 1.165) is 18.4 Å². The summed E-state index contributed by atoms with van der Waals surface area (Å²) in [5, 5.41) is 12.4. The average molecular weight is 542 g/mol. The summed E-state index contributed by atoms with van der Waals surface area (Å²) in [6.45, 7) is 0.196. The van der Waals surface area contributed by atoms with E-state index in [0.29, 0.717) is 28.3 Å². The van der Waals surface area contributed by atoms with Crippen LogP contribution in [0.3, 0.4) is 0 Å². The normalized spacial score (nSPS) is 14.3. The molecule has 35 heavy (non-hydrogen) atoms. The summed E-state index contributed by atoms with van der Waals surface area (Å²) in [4.78, 5) is 24.0. The van der Waals surface area contributed by atoms with Crippen LogP contribution in [0, 0.1) is 0 Å². The van der Waals surface area contributed by atoms with Crippen LogP contribution in [0.4, 0.5) is 0 Å². The first-order chi connectivity index (χ1) is 16.3. The maximum absolute atomic E-state index is 12.5. The van der Waals surface area contributed by atoms with E-state index < -0.39 is 11.9 Å². The Morgan fingerprint density at radius 3 is 2.37 bits per heavy atom. The zero-order valence-corrected chi connectivity index (χ0v) is 23.3. The van der Waals surface area contributed by atoms with Gasteiger partial charge in [0.05, 0.1) is 11.6 Å². The second kappa shape index (κ2) is 12.5. The Balaban J connectivity index is 0.00000342. The van der Waals surface area contributed by atoms with E-state index in [4.69, 9.17) is 44.3 Å². The predicted molar refractivity (Wildman–Crippen MR) is 130 cm³/mol. The van der Waals surface area contributed by atoms with Crippen LogP contribution in [0.2, 0.25) is 15.1 Å². The molecular weight excluding hydrogens is 522 g/mol. The maximum Gasteiger partial charge on any atom is 1.00 e. The number of fused-ring (bicyclic) bond motifs is 1. The summed E-state index contributed by atoms with van der Waals surface area (Å²) < 4.78 is 11.4. The Labute approximate surface area is 240 Å². The average Bonchev–Trinajstić information content (AvgIpc) is 2.83. The minimum Gasteiger partial charge on any atom is -0.549 e. The number of carboxylic acid groups (broad SMARTS) is 1. The molecule has 0 N–H and O–H groups in total. The molecule has 1 aliphatic heterocycles. The van der Waals surface area contributed by atoms with E-state index >= 15 is 0 Å². The first-order valence-corrected chi connectivity index (χ1v) is 11.9. The number of rotatable bonds is 8. The van der Waals surface area contributed by atoms with E-state index in [9.17, 15) is 14.7 Å². The molecule has 0 radical (unpaired) electrons. The summed E-state index contributed by atoms with van der Waals surface area (Å²) >= 11 is 18.7. The Morgan fingerprint density at radius 1 is 1.03 bits per heavy atom. The number of carboxylic acids is 1. The molecule has 0 amide bonds. The molecule has 0 bridgehead atoms. The summed E-state index contributed by atoms with van der Waals surface area (Å²) in [6.07, 6.45) is 2.21. The van der Waals surface area contributed by atoms with Gasteiger partial charge in [-0.05, 0) is 67.3 Å². The van der Waals surface area contributed by atoms with Gasteiger partial charge in [0, 0.05) is 34.5 Å². The SMILES string of the molecule is O=C(CCCc1ccc(Cl)cc1)c1ccc(Oc2c(Cl)cc3c(c2Cl)OCCC3C(=O)[O-])cc1.[Na+]. The Morgan fingerprint density at radius 2 is 1.71 bits per heavy atom. The summed E-state index contributed by atoms with van der Waals surface area (Å²) in [7, 11) is 0. The van der Waals surface area contributed by atoms with Crippen molar-refractivity contribution in [3.8, 4) is 17.2 Å². The van der Waals surface area contributed by atoms with Gasteiger partial charge >= 0.3 is 29.6 Å². The van der Waals surface area contributed by atoms with Crippen molar-refractivity contribution in [1.82, 2.24) is 0 Å². The third-order valence-electron chi connectivity index (χ3n) is 5.65. The molecule has 0 saturated heterocycles. The second-order valence-electron chi connectivity index (χ2n) is 7.96. The third kappa shape index (κ3) is 6.73. The van der Waals surface area contributed by atoms with E-state index in [1.54, 1.807) is 24.3 Å². The van der Waals surface area contributed by atoms with E-state index in [2.05, 4.69) is 0 Å². The molecule has 0 saturated carbocycles. The van der Waals surface area contributed by atoms with Crippen LogP contribution in [0.1, 0.15) is 46.7 Å². The molecule has 1 atom stereocenters. The first-order valence-electron chi connectivity index (χ1n) is 10.7. The molecule has 1 aliphatic rings. The summed E-state index contributed by atoms with van der Waals surface area (Å²) in [5.74, 6) is -1.21. The van der Waals surface area contributed by atoms with Gasteiger partial charge in [0.25, 0.3) is 0 Å². The van der Waals surface area contributed by atoms with Crippen LogP contribution >= 0.6 is 34.8 Å². The molecule has 0 fully saturated rings. The molecule has 0 aliphatic carbocycles. The Bertz CT molecular complexity index is 1210. The van der Waals surface area contributed by atoms with Crippen molar-refractivity contribution in [3.05, 3.63) is 86.4 Å². The summed E-state index contributed by atoms with van der Waals surface area (Å²) in [5.41, 5.74) is 2.08. The summed E-state index contributed by atoms with van der Waals surface area (Å²) in [6, 6.07) is 15.8. The topological polar surface area (TPSA) is 75.7 Å². The minimum atomic E-state index is -1.21. The van der Waals surface area contributed by atoms with E-state index in [1.165, 1.54) is 6.07 Å². The zero-order chi connectivity index (χ0) is 24.2. The van der Waals surface area contributed by atoms with Gasteiger partial charge in [-0.2, -0.15) is 0 Å². The van der Waals surface area contributed by atoms with E-state index in [-0.39, 0.29) is 69.9 Å². The third-order valence-corrected chi connectivity index (χ3v) is 6.53. The Kier molecular flexibility index (Phi) is 9.94. The van der Waals surface area contributed by atoms with Crippen molar-refractivity contribution in [1.29, 1.82) is 0 Å². The van der Waals surface area contributed by atoms with Gasteiger partial charge in [-0.15, -0.1) is 0 Å². The minimum absolute atomic E-state index is 0. The van der Waals surface area contributed by atoms with Crippen molar-refractivity contribution < 1.29 is 53.7 Å². The molecule has 1 heterocycles. The van der Waals surface area contributed by atoms with Crippen molar-refractivity contribution in [2.75, 3.05) is 6.61 Å². The number of aliphatic carboxylic acids is 1. The molecule has 3 aromatic rings. The first kappa shape index (κ1) is 27.9. The van der Waals surface area contributed by atoms with Gasteiger partial charge in [0.2, 0.25) is 0 Å². The predicted octanol–water partition coefficient (Wildman–Crippen LogP) is 3.26. The zero-order valence-electron chi connectivity index (χ0n) is 19.0. The molecule has 9 heteroatoms. The number of halogens is 3. The van der Waals surface area contributed by atoms with Crippen LogP contribution in [0.25, 0.3) is 0 Å². The molecule has 176 valence electrons. The fourth-order valence-corrected chi connectivity index (χ4v) is 4.58. The number of ether oxygens (including phenoxy) is 2. The number of ketones is 1. The quantitative estimate of drug-likeness (QED) is 0.323. The number of hydrogen-bond donors (Lipinski definition) is 0. The van der Waals surface area contributed by atoms with Gasteiger partial charge in [-0.1, -0.05) is 46.9 Å². The van der Waals surface area contributed by atoms with Gasteiger partial charge in [0.1, 0.15) is 16.5 Å². The van der Waals surface area contributed by atoms with Crippen LogP contribution in [0.5, 0.6) is 17.2 Å². The van der Waals surface area contributed by atoms with Crippen LogP contribution in [-0.2, 0) is 11.2 Å². The molecule has 0 spiro atoms. The van der Waals surface area contributed by atoms with Crippen LogP contribution in [0.15, 0.2) is 54.6 Å². The maximum atomic E-state index is 12.5. The molecule has 4 rings (SSSR count). The van der Waals surface area contributed by atoms with Crippen LogP contribution < -0.4 is 44.1 Å². The fraction of sp³-hybridized carbons (Fsp3) is 0.231. The van der Waals surface area contributed by atoms with Gasteiger partial charge in [-0.25, -0.2) is 0 Å². The number of Topliss-reactive ketones (excluding diaryl/α,β-unsaturated/α-hetero) is 1. The fourth-order valence-electron chi connectivity index (χ4n) is 3.86. The monoisotopic (exact) mass is 540 g/mol. The van der Waals surface area contributed by atoms with Gasteiger partial charge in [0.15, 0.2) is 11.5 Å². The molecule has 3 aromatic carbocycles.